The topological polar surface area (TPSA) is 124 Å². The van der Waals surface area contributed by atoms with Crippen molar-refractivity contribution in [3.8, 4) is 11.1 Å². The van der Waals surface area contributed by atoms with E-state index >= 15 is 0 Å². The molecule has 10 nitrogen and oxygen atoms in total. The summed E-state index contributed by atoms with van der Waals surface area (Å²) in [5, 5.41) is 7.98. The van der Waals surface area contributed by atoms with Crippen molar-refractivity contribution in [1.29, 1.82) is 0 Å². The van der Waals surface area contributed by atoms with E-state index < -0.39 is 18.3 Å². The fraction of sp³-hybridized carbons (Fsp3) is 0.278. The first kappa shape index (κ1) is 34.6. The molecule has 49 heavy (non-hydrogen) atoms. The van der Waals surface area contributed by atoms with Gasteiger partial charge in [0.05, 0.1) is 34.6 Å². The van der Waals surface area contributed by atoms with Crippen LogP contribution in [0.2, 0.25) is 18.1 Å². The predicted molar refractivity (Wildman–Crippen MR) is 202 cm³/mol. The van der Waals surface area contributed by atoms with E-state index in [9.17, 15) is 8.42 Å². The second-order valence-electron chi connectivity index (χ2n) is 13.7. The smallest absolute Gasteiger partial charge is 0.269 e. The maximum absolute atomic E-state index is 14.2. The van der Waals surface area contributed by atoms with Crippen molar-refractivity contribution in [1.82, 2.24) is 23.9 Å². The molecule has 2 N–H and O–H groups in total. The normalized spacial score (nSPS) is 12.5. The molecule has 0 saturated heterocycles. The Kier molecular flexibility index (Phi) is 9.31. The summed E-state index contributed by atoms with van der Waals surface area (Å²) in [7, 11) is -4.27. The Bertz CT molecular complexity index is 2280. The quantitative estimate of drug-likeness (QED) is 0.0957. The molecular formula is C36H41N7O3S2Si. The van der Waals surface area contributed by atoms with Gasteiger partial charge in [-0.15, -0.1) is 12.6 Å². The Balaban J connectivity index is 1.46. The van der Waals surface area contributed by atoms with Crippen LogP contribution in [0.5, 0.6) is 0 Å². The lowest BCUT2D eigenvalue weighted by Gasteiger charge is -2.36. The third kappa shape index (κ3) is 7.07. The molecule has 13 heteroatoms. The number of rotatable bonds is 10. The number of nitrogens with zero attached hydrogens (tertiary/aromatic N) is 5. The second kappa shape index (κ2) is 13.2. The van der Waals surface area contributed by atoms with Crippen molar-refractivity contribution in [2.45, 2.75) is 68.8 Å². The first-order valence-electron chi connectivity index (χ1n) is 16.0. The molecule has 4 heterocycles. The van der Waals surface area contributed by atoms with E-state index in [0.717, 1.165) is 38.2 Å². The van der Waals surface area contributed by atoms with Crippen molar-refractivity contribution in [2.24, 2.45) is 0 Å². The fourth-order valence-corrected chi connectivity index (χ4v) is 7.69. The standard InChI is InChI=1S/C36H41N7O3S2Si/c1-23-8-11-29(12-9-23)48(44,45)43-21-30(25-10-13-31-26(17-25)18-28(47)20-39-31)32-33(41-35(37-5)42-34(32)43)40-19-27-16-24(14-15-38-27)22-46-49(6,7)36(2,3)4/h8-18,20-21,47H,19,22H2,1-7H3,(H2,37,40,41,42). The SMILES string of the molecule is CNc1nc(NCc2cc(CO[Si](C)(C)C(C)(C)C)ccn2)c2c(-c3ccc4ncc(S)cc4c3)cn(S(=O)(=O)c3ccc(C)cc3)c2n1. The number of hydrogen-bond donors (Lipinski definition) is 3. The molecule has 2 aromatic carbocycles. The first-order chi connectivity index (χ1) is 23.2. The van der Waals surface area contributed by atoms with Crippen LogP contribution in [0, 0.1) is 6.92 Å². The Labute approximate surface area is 294 Å². The minimum absolute atomic E-state index is 0.103. The zero-order valence-corrected chi connectivity index (χ0v) is 31.4. The maximum atomic E-state index is 14.2. The lowest BCUT2D eigenvalue weighted by Crippen LogP contribution is -2.40. The first-order valence-corrected chi connectivity index (χ1v) is 20.8. The number of nitrogens with one attached hydrogen (secondary N) is 2. The van der Waals surface area contributed by atoms with Crippen LogP contribution >= 0.6 is 12.6 Å². The molecule has 0 saturated carbocycles. The van der Waals surface area contributed by atoms with Gasteiger partial charge in [0, 0.05) is 41.5 Å². The fourth-order valence-electron chi connectivity index (χ4n) is 5.22. The summed E-state index contributed by atoms with van der Waals surface area (Å²) in [5.74, 6) is 0.736. The van der Waals surface area contributed by atoms with Crippen LogP contribution in [-0.4, -0.2) is 47.7 Å². The highest BCUT2D eigenvalue weighted by Crippen LogP contribution is 2.39. The molecule has 0 bridgehead atoms. The molecule has 0 radical (unpaired) electrons. The molecule has 0 aliphatic rings. The minimum atomic E-state index is -4.04. The van der Waals surface area contributed by atoms with Gasteiger partial charge in [-0.3, -0.25) is 9.97 Å². The number of benzene rings is 2. The van der Waals surface area contributed by atoms with Crippen LogP contribution in [0.4, 0.5) is 11.8 Å². The molecule has 0 spiro atoms. The zero-order chi connectivity index (χ0) is 35.1. The van der Waals surface area contributed by atoms with Crippen LogP contribution in [0.25, 0.3) is 33.1 Å². The molecule has 0 amide bonds. The molecule has 254 valence electrons. The highest BCUT2D eigenvalue weighted by Gasteiger charge is 2.37. The van der Waals surface area contributed by atoms with Gasteiger partial charge < -0.3 is 15.1 Å². The number of fused-ring (bicyclic) bond motifs is 2. The van der Waals surface area contributed by atoms with Gasteiger partial charge in [0.1, 0.15) is 5.82 Å². The molecule has 0 aliphatic heterocycles. The maximum Gasteiger partial charge on any atom is 0.269 e. The minimum Gasteiger partial charge on any atom is -0.413 e. The van der Waals surface area contributed by atoms with E-state index in [1.54, 1.807) is 49.9 Å². The zero-order valence-electron chi connectivity index (χ0n) is 28.7. The van der Waals surface area contributed by atoms with Crippen molar-refractivity contribution >= 4 is 64.7 Å². The van der Waals surface area contributed by atoms with Gasteiger partial charge in [-0.05, 0) is 78.6 Å². The van der Waals surface area contributed by atoms with Gasteiger partial charge >= 0.3 is 0 Å². The number of thiol groups is 1. The molecule has 6 rings (SSSR count). The van der Waals surface area contributed by atoms with Crippen LogP contribution in [0.1, 0.15) is 37.6 Å². The molecule has 6 aromatic rings. The Morgan fingerprint density at radius 2 is 1.73 bits per heavy atom. The number of pyridine rings is 2. The van der Waals surface area contributed by atoms with Gasteiger partial charge in [0.25, 0.3) is 10.0 Å². The lowest BCUT2D eigenvalue weighted by atomic mass is 10.0. The summed E-state index contributed by atoms with van der Waals surface area (Å²) in [6.07, 6.45) is 5.10. The van der Waals surface area contributed by atoms with E-state index in [4.69, 9.17) is 14.4 Å². The molecule has 0 fully saturated rings. The molecule has 0 unspecified atom stereocenters. The van der Waals surface area contributed by atoms with Crippen LogP contribution in [0.15, 0.2) is 89.0 Å². The van der Waals surface area contributed by atoms with Gasteiger partial charge in [-0.1, -0.05) is 44.5 Å². The average Bonchev–Trinajstić information content (AvgIpc) is 3.46. The average molecular weight is 712 g/mol. The summed E-state index contributed by atoms with van der Waals surface area (Å²) >= 11 is 4.48. The summed E-state index contributed by atoms with van der Waals surface area (Å²) < 4.78 is 36.1. The second-order valence-corrected chi connectivity index (χ2v) is 20.8. The van der Waals surface area contributed by atoms with E-state index in [1.165, 1.54) is 3.97 Å². The van der Waals surface area contributed by atoms with Gasteiger partial charge in [0.2, 0.25) is 5.95 Å². The van der Waals surface area contributed by atoms with E-state index in [2.05, 4.69) is 67.1 Å². The lowest BCUT2D eigenvalue weighted by molar-refractivity contribution is 0.276. The number of aryl methyl sites for hydroxylation is 1. The number of aromatic nitrogens is 5. The summed E-state index contributed by atoms with van der Waals surface area (Å²) in [5.41, 5.74) is 5.25. The summed E-state index contributed by atoms with van der Waals surface area (Å²) in [6.45, 7) is 13.9. The third-order valence-corrected chi connectivity index (χ3v) is 15.5. The molecule has 0 aliphatic carbocycles. The molecular weight excluding hydrogens is 671 g/mol. The van der Waals surface area contributed by atoms with Gasteiger partial charge in [-0.2, -0.15) is 9.97 Å². The number of anilines is 2. The summed E-state index contributed by atoms with van der Waals surface area (Å²) in [6, 6.07) is 18.5. The van der Waals surface area contributed by atoms with Gasteiger partial charge in [0.15, 0.2) is 14.0 Å². The highest BCUT2D eigenvalue weighted by molar-refractivity contribution is 7.90. The third-order valence-electron chi connectivity index (χ3n) is 9.12. The Morgan fingerprint density at radius 3 is 2.45 bits per heavy atom. The largest absolute Gasteiger partial charge is 0.413 e. The van der Waals surface area contributed by atoms with Crippen LogP contribution < -0.4 is 10.6 Å². The monoisotopic (exact) mass is 711 g/mol. The van der Waals surface area contributed by atoms with E-state index in [0.29, 0.717) is 29.9 Å². The summed E-state index contributed by atoms with van der Waals surface area (Å²) in [4.78, 5) is 19.4. The Morgan fingerprint density at radius 1 is 0.980 bits per heavy atom. The van der Waals surface area contributed by atoms with Crippen molar-refractivity contribution in [2.75, 3.05) is 17.7 Å². The van der Waals surface area contributed by atoms with Gasteiger partial charge in [-0.25, -0.2) is 12.4 Å². The van der Waals surface area contributed by atoms with Crippen LogP contribution in [0.3, 0.4) is 0 Å². The molecule has 4 aromatic heterocycles. The van der Waals surface area contributed by atoms with E-state index in [-0.39, 0.29) is 21.5 Å². The van der Waals surface area contributed by atoms with Crippen molar-refractivity contribution in [3.63, 3.8) is 0 Å². The highest BCUT2D eigenvalue weighted by atomic mass is 32.2. The van der Waals surface area contributed by atoms with E-state index in [1.807, 2.05) is 43.3 Å². The molecule has 0 atom stereocenters. The Hall–Kier alpha value is -4.30. The van der Waals surface area contributed by atoms with Crippen molar-refractivity contribution in [3.05, 3.63) is 96.1 Å². The van der Waals surface area contributed by atoms with Crippen molar-refractivity contribution < 1.29 is 12.8 Å². The predicted octanol–water partition coefficient (Wildman–Crippen LogP) is 8.05. The number of hydrogen-bond acceptors (Lipinski definition) is 10. The van der Waals surface area contributed by atoms with Crippen LogP contribution in [-0.2, 0) is 27.6 Å².